The molecule has 2 aliphatic rings. The molecule has 0 aromatic heterocycles. The molecule has 0 aromatic carbocycles. The van der Waals surface area contributed by atoms with E-state index in [4.69, 9.17) is 9.47 Å². The van der Waals surface area contributed by atoms with Gasteiger partial charge in [-0.05, 0) is 0 Å². The molecule has 3 atom stereocenters. The van der Waals surface area contributed by atoms with Gasteiger partial charge in [0.2, 0.25) is 5.91 Å². The number of carboxylic acids is 1. The van der Waals surface area contributed by atoms with Crippen LogP contribution in [0.15, 0.2) is 0 Å². The molecule has 116 valence electrons. The summed E-state index contributed by atoms with van der Waals surface area (Å²) in [5.41, 5.74) is 0. The second-order valence-corrected chi connectivity index (χ2v) is 6.38. The molecule has 2 heterocycles. The molecule has 0 aliphatic carbocycles. The molecule has 1 N–H and O–H groups in total. The van der Waals surface area contributed by atoms with Crippen molar-refractivity contribution in [2.24, 2.45) is 0 Å². The van der Waals surface area contributed by atoms with Crippen molar-refractivity contribution in [2.45, 2.75) is 36.4 Å². The van der Waals surface area contributed by atoms with E-state index < -0.39 is 28.7 Å². The first-order chi connectivity index (χ1) is 9.78. The van der Waals surface area contributed by atoms with Crippen LogP contribution >= 0.6 is 11.8 Å². The molecule has 21 heavy (non-hydrogen) atoms. The fourth-order valence-corrected chi connectivity index (χ4v) is 4.08. The molecule has 0 saturated carbocycles. The molecule has 0 spiro atoms. The van der Waals surface area contributed by atoms with Gasteiger partial charge in [0.15, 0.2) is 4.75 Å². The number of ether oxygens (including phenoxy) is 2. The maximum atomic E-state index is 11.7. The zero-order valence-corrected chi connectivity index (χ0v) is 12.3. The molecule has 9 heteroatoms. The highest BCUT2D eigenvalue weighted by Gasteiger charge is 2.64. The van der Waals surface area contributed by atoms with E-state index in [2.05, 4.69) is 0 Å². The standard InChI is InChI=1S/C12H15NO7S/c1-6(14)19-4-8-12(11(17)18,5-20-7(2)15)21-10-3-9(16)13(8)10/h8,10H,3-5H2,1-2H3,(H,17,18)/t8?,10-,12?/m1/s1. The number of β-lactam (4-membered cyclic amide) rings is 1. The summed E-state index contributed by atoms with van der Waals surface area (Å²) in [6.45, 7) is 1.76. The summed E-state index contributed by atoms with van der Waals surface area (Å²) in [5, 5.41) is 9.28. The lowest BCUT2D eigenvalue weighted by atomic mass is 9.96. The average Bonchev–Trinajstić information content (AvgIpc) is 2.63. The Hall–Kier alpha value is -1.77. The lowest BCUT2D eigenvalue weighted by Crippen LogP contribution is -2.59. The first-order valence-corrected chi connectivity index (χ1v) is 7.15. The number of hydrogen-bond acceptors (Lipinski definition) is 7. The number of fused-ring (bicyclic) bond motifs is 1. The van der Waals surface area contributed by atoms with Gasteiger partial charge in [-0.3, -0.25) is 19.2 Å². The average molecular weight is 317 g/mol. The van der Waals surface area contributed by atoms with Crippen LogP contribution in [0.25, 0.3) is 0 Å². The molecule has 2 rings (SSSR count). The Kier molecular flexibility index (Phi) is 4.13. The minimum atomic E-state index is -1.52. The van der Waals surface area contributed by atoms with Crippen molar-refractivity contribution < 1.29 is 33.8 Å². The van der Waals surface area contributed by atoms with E-state index in [1.54, 1.807) is 0 Å². The van der Waals surface area contributed by atoms with E-state index in [0.717, 1.165) is 11.8 Å². The zero-order chi connectivity index (χ0) is 15.8. The highest BCUT2D eigenvalue weighted by molar-refractivity contribution is 8.02. The zero-order valence-electron chi connectivity index (χ0n) is 11.5. The predicted octanol–water partition coefficient (Wildman–Crippen LogP) is -0.390. The summed E-state index contributed by atoms with van der Waals surface area (Å²) in [4.78, 5) is 46.8. The Balaban J connectivity index is 2.26. The molecule has 2 fully saturated rings. The van der Waals surface area contributed by atoms with E-state index in [0.29, 0.717) is 0 Å². The molecule has 2 aliphatic heterocycles. The smallest absolute Gasteiger partial charge is 0.325 e. The summed E-state index contributed by atoms with van der Waals surface area (Å²) in [7, 11) is 0. The van der Waals surface area contributed by atoms with Crippen LogP contribution in [0, 0.1) is 0 Å². The summed E-state index contributed by atoms with van der Waals surface area (Å²) >= 11 is 1.06. The molecular formula is C12H15NO7S. The van der Waals surface area contributed by atoms with Gasteiger partial charge in [-0.25, -0.2) is 0 Å². The van der Waals surface area contributed by atoms with Gasteiger partial charge in [0.1, 0.15) is 13.2 Å². The Morgan fingerprint density at radius 3 is 2.43 bits per heavy atom. The van der Waals surface area contributed by atoms with Gasteiger partial charge in [-0.2, -0.15) is 0 Å². The Bertz CT molecular complexity index is 508. The number of hydrogen-bond donors (Lipinski definition) is 1. The minimum absolute atomic E-state index is 0.199. The van der Waals surface area contributed by atoms with Crippen molar-refractivity contribution >= 4 is 35.6 Å². The molecule has 0 bridgehead atoms. The predicted molar refractivity (Wildman–Crippen MR) is 70.3 cm³/mol. The largest absolute Gasteiger partial charge is 0.480 e. The molecular weight excluding hydrogens is 302 g/mol. The van der Waals surface area contributed by atoms with Crippen LogP contribution in [-0.4, -0.2) is 63.2 Å². The molecule has 2 saturated heterocycles. The highest BCUT2D eigenvalue weighted by atomic mass is 32.2. The van der Waals surface area contributed by atoms with Gasteiger partial charge >= 0.3 is 17.9 Å². The number of esters is 2. The number of aliphatic carboxylic acids is 1. The van der Waals surface area contributed by atoms with Gasteiger partial charge in [0.25, 0.3) is 0 Å². The summed E-state index contributed by atoms with van der Waals surface area (Å²) in [6.07, 6.45) is 0.232. The van der Waals surface area contributed by atoms with Gasteiger partial charge < -0.3 is 19.5 Å². The number of amides is 1. The lowest BCUT2D eigenvalue weighted by Gasteiger charge is -2.38. The van der Waals surface area contributed by atoms with Crippen LogP contribution in [0.2, 0.25) is 0 Å². The first kappa shape index (κ1) is 15.6. The Morgan fingerprint density at radius 1 is 1.33 bits per heavy atom. The molecule has 2 unspecified atom stereocenters. The monoisotopic (exact) mass is 317 g/mol. The minimum Gasteiger partial charge on any atom is -0.480 e. The van der Waals surface area contributed by atoms with Gasteiger partial charge in [-0.15, -0.1) is 11.8 Å². The van der Waals surface area contributed by atoms with Crippen molar-refractivity contribution in [3.05, 3.63) is 0 Å². The number of carbonyl (C=O) groups is 4. The third-order valence-corrected chi connectivity index (χ3v) is 5.12. The van der Waals surface area contributed by atoms with E-state index in [1.165, 1.54) is 18.7 Å². The van der Waals surface area contributed by atoms with Crippen molar-refractivity contribution in [1.29, 1.82) is 0 Å². The van der Waals surface area contributed by atoms with Crippen LogP contribution in [-0.2, 0) is 28.7 Å². The quantitative estimate of drug-likeness (QED) is 0.539. The van der Waals surface area contributed by atoms with Crippen LogP contribution in [0.4, 0.5) is 0 Å². The van der Waals surface area contributed by atoms with Crippen molar-refractivity contribution in [3.63, 3.8) is 0 Å². The van der Waals surface area contributed by atoms with Crippen LogP contribution < -0.4 is 0 Å². The highest BCUT2D eigenvalue weighted by Crippen LogP contribution is 2.51. The van der Waals surface area contributed by atoms with Crippen molar-refractivity contribution in [1.82, 2.24) is 4.90 Å². The second kappa shape index (κ2) is 5.55. The lowest BCUT2D eigenvalue weighted by molar-refractivity contribution is -0.159. The summed E-state index contributed by atoms with van der Waals surface area (Å²) < 4.78 is 8.24. The van der Waals surface area contributed by atoms with Gasteiger partial charge in [0.05, 0.1) is 17.8 Å². The van der Waals surface area contributed by atoms with Crippen molar-refractivity contribution in [2.75, 3.05) is 13.2 Å². The van der Waals surface area contributed by atoms with E-state index in [-0.39, 0.29) is 30.9 Å². The fourth-order valence-electron chi connectivity index (χ4n) is 2.43. The molecule has 8 nitrogen and oxygen atoms in total. The third kappa shape index (κ3) is 2.69. The first-order valence-electron chi connectivity index (χ1n) is 6.27. The number of thioether (sulfide) groups is 1. The Labute approximate surface area is 124 Å². The number of carbonyl (C=O) groups excluding carboxylic acids is 3. The topological polar surface area (TPSA) is 110 Å². The Morgan fingerprint density at radius 2 is 1.95 bits per heavy atom. The van der Waals surface area contributed by atoms with Crippen molar-refractivity contribution in [3.8, 4) is 0 Å². The number of rotatable bonds is 5. The van der Waals surface area contributed by atoms with Gasteiger partial charge in [-0.1, -0.05) is 0 Å². The molecule has 1 amide bonds. The molecule has 0 aromatic rings. The van der Waals surface area contributed by atoms with Crippen LogP contribution in [0.5, 0.6) is 0 Å². The van der Waals surface area contributed by atoms with E-state index in [9.17, 15) is 24.3 Å². The summed E-state index contributed by atoms with van der Waals surface area (Å²) in [5.74, 6) is -2.57. The van der Waals surface area contributed by atoms with Crippen LogP contribution in [0.1, 0.15) is 20.3 Å². The second-order valence-electron chi connectivity index (χ2n) is 4.87. The third-order valence-electron chi connectivity index (χ3n) is 3.46. The summed E-state index contributed by atoms with van der Waals surface area (Å²) in [6, 6.07) is -0.852. The van der Waals surface area contributed by atoms with Gasteiger partial charge in [0, 0.05) is 13.8 Å². The number of nitrogens with zero attached hydrogens (tertiary/aromatic N) is 1. The fraction of sp³-hybridized carbons (Fsp3) is 0.667. The van der Waals surface area contributed by atoms with E-state index >= 15 is 0 Å². The maximum absolute atomic E-state index is 11.7. The van der Waals surface area contributed by atoms with Crippen LogP contribution in [0.3, 0.4) is 0 Å². The normalized spacial score (nSPS) is 30.4. The van der Waals surface area contributed by atoms with E-state index in [1.807, 2.05) is 0 Å². The molecule has 0 radical (unpaired) electrons. The maximum Gasteiger partial charge on any atom is 0.325 e. The number of carboxylic acid groups (broad SMARTS) is 1. The SMILES string of the molecule is CC(=O)OCC1N2C(=O)C[C@H]2SC1(COC(C)=O)C(=O)O.